The molecule has 1 aliphatic carbocycles. The molecular formula is C27H29Cl2N3O. The van der Waals surface area contributed by atoms with E-state index in [0.29, 0.717) is 22.2 Å². The molecule has 0 radical (unpaired) electrons. The van der Waals surface area contributed by atoms with Crippen molar-refractivity contribution in [3.63, 3.8) is 0 Å². The highest BCUT2D eigenvalue weighted by Gasteiger charge is 2.46. The van der Waals surface area contributed by atoms with Crippen molar-refractivity contribution in [1.29, 1.82) is 0 Å². The Kier molecular flexibility index (Phi) is 5.51. The SMILES string of the molecule is O=c1nc2n(c3cccc(Cl)c13)-c1cc(C3CCN(CCCl)CC3)ccc1C21CCCCC1. The Bertz CT molecular complexity index is 1270. The molecule has 1 saturated heterocycles. The molecule has 0 bridgehead atoms. The summed E-state index contributed by atoms with van der Waals surface area (Å²) in [7, 11) is 0. The smallest absolute Gasteiger partial charge is 0.282 e. The van der Waals surface area contributed by atoms with Crippen LogP contribution in [-0.4, -0.2) is 40.0 Å². The van der Waals surface area contributed by atoms with Gasteiger partial charge in [-0.25, -0.2) is 0 Å². The fraction of sp³-hybridized carbons (Fsp3) is 0.481. The van der Waals surface area contributed by atoms with Gasteiger partial charge in [0.15, 0.2) is 0 Å². The number of benzene rings is 2. The molecule has 3 aromatic rings. The topological polar surface area (TPSA) is 38.1 Å². The van der Waals surface area contributed by atoms with Gasteiger partial charge in [0, 0.05) is 12.4 Å². The summed E-state index contributed by atoms with van der Waals surface area (Å²) in [5.41, 5.74) is 4.46. The van der Waals surface area contributed by atoms with Crippen LogP contribution in [0.3, 0.4) is 0 Å². The molecule has 2 aromatic carbocycles. The van der Waals surface area contributed by atoms with Crippen molar-refractivity contribution in [2.75, 3.05) is 25.5 Å². The third-order valence-electron chi connectivity index (χ3n) is 8.24. The molecule has 1 saturated carbocycles. The molecule has 1 spiro atoms. The van der Waals surface area contributed by atoms with Crippen LogP contribution in [0, 0.1) is 0 Å². The van der Waals surface area contributed by atoms with Gasteiger partial charge < -0.3 is 4.90 Å². The maximum Gasteiger partial charge on any atom is 0.282 e. The predicted octanol–water partition coefficient (Wildman–Crippen LogP) is 6.02. The van der Waals surface area contributed by atoms with Crippen molar-refractivity contribution >= 4 is 34.1 Å². The molecule has 0 amide bonds. The summed E-state index contributed by atoms with van der Waals surface area (Å²) in [6, 6.07) is 12.8. The maximum absolute atomic E-state index is 13.1. The van der Waals surface area contributed by atoms with Crippen molar-refractivity contribution in [2.45, 2.75) is 56.3 Å². The molecule has 3 aliphatic rings. The zero-order valence-corrected chi connectivity index (χ0v) is 20.3. The third kappa shape index (κ3) is 3.37. The molecule has 2 aliphatic heterocycles. The molecule has 0 N–H and O–H groups in total. The van der Waals surface area contributed by atoms with E-state index in [0.717, 1.165) is 56.7 Å². The first kappa shape index (κ1) is 21.6. The number of nitrogens with zero attached hydrogens (tertiary/aromatic N) is 3. The largest absolute Gasteiger partial charge is 0.302 e. The number of halogens is 2. The molecule has 0 atom stereocenters. The van der Waals surface area contributed by atoms with Gasteiger partial charge >= 0.3 is 0 Å². The summed E-state index contributed by atoms with van der Waals surface area (Å²) in [4.78, 5) is 20.3. The second kappa shape index (κ2) is 8.41. The zero-order valence-electron chi connectivity index (χ0n) is 18.8. The molecule has 0 unspecified atom stereocenters. The lowest BCUT2D eigenvalue weighted by Crippen LogP contribution is -2.34. The van der Waals surface area contributed by atoms with Crippen LogP contribution in [0.25, 0.3) is 16.6 Å². The third-order valence-corrected chi connectivity index (χ3v) is 8.72. The van der Waals surface area contributed by atoms with Gasteiger partial charge in [0.1, 0.15) is 5.82 Å². The quantitative estimate of drug-likeness (QED) is 0.429. The second-order valence-electron chi connectivity index (χ2n) is 9.93. The lowest BCUT2D eigenvalue weighted by molar-refractivity contribution is 0.223. The highest BCUT2D eigenvalue weighted by molar-refractivity contribution is 6.35. The molecule has 33 heavy (non-hydrogen) atoms. The normalized spacial score (nSPS) is 20.3. The van der Waals surface area contributed by atoms with Gasteiger partial charge in [-0.3, -0.25) is 9.36 Å². The Morgan fingerprint density at radius 1 is 1.06 bits per heavy atom. The summed E-state index contributed by atoms with van der Waals surface area (Å²) >= 11 is 12.5. The first-order valence-electron chi connectivity index (χ1n) is 12.3. The van der Waals surface area contributed by atoms with Gasteiger partial charge in [0.2, 0.25) is 0 Å². The van der Waals surface area contributed by atoms with Crippen molar-refractivity contribution < 1.29 is 0 Å². The predicted molar refractivity (Wildman–Crippen MR) is 135 cm³/mol. The van der Waals surface area contributed by atoms with Crippen LogP contribution in [0.5, 0.6) is 0 Å². The summed E-state index contributed by atoms with van der Waals surface area (Å²) in [6.07, 6.45) is 8.00. The lowest BCUT2D eigenvalue weighted by atomic mass is 9.69. The first-order chi connectivity index (χ1) is 16.1. The Hall–Kier alpha value is -1.88. The Balaban J connectivity index is 1.52. The van der Waals surface area contributed by atoms with Gasteiger partial charge in [-0.15, -0.1) is 11.6 Å². The first-order valence-corrected chi connectivity index (χ1v) is 13.2. The number of piperidine rings is 1. The van der Waals surface area contributed by atoms with Crippen LogP contribution in [0.4, 0.5) is 0 Å². The molecule has 172 valence electrons. The van der Waals surface area contributed by atoms with Crippen LogP contribution in [-0.2, 0) is 5.41 Å². The van der Waals surface area contributed by atoms with Gasteiger partial charge in [0.05, 0.1) is 27.0 Å². The number of likely N-dealkylation sites (tertiary alicyclic amines) is 1. The van der Waals surface area contributed by atoms with E-state index in [-0.39, 0.29) is 11.0 Å². The van der Waals surface area contributed by atoms with E-state index in [4.69, 9.17) is 28.2 Å². The molecule has 6 rings (SSSR count). The minimum absolute atomic E-state index is 0.161. The van der Waals surface area contributed by atoms with Crippen molar-refractivity contribution in [1.82, 2.24) is 14.5 Å². The second-order valence-corrected chi connectivity index (χ2v) is 10.7. The van der Waals surface area contributed by atoms with Gasteiger partial charge in [-0.2, -0.15) is 4.98 Å². The van der Waals surface area contributed by atoms with Gasteiger partial charge in [-0.05, 0) is 74.0 Å². The van der Waals surface area contributed by atoms with Crippen LogP contribution in [0.2, 0.25) is 5.02 Å². The standard InChI is InChI=1S/C27H29Cl2N3O/c28-13-16-31-14-9-18(10-15-31)19-7-8-20-23(17-19)32-22-6-4-5-21(29)24(22)25(33)30-26(32)27(20)11-2-1-3-12-27/h4-8,17-18H,1-3,9-16H2. The number of aromatic nitrogens is 2. The summed E-state index contributed by atoms with van der Waals surface area (Å²) in [5, 5.41) is 1.01. The van der Waals surface area contributed by atoms with E-state index in [1.807, 2.05) is 12.1 Å². The van der Waals surface area contributed by atoms with Crippen LogP contribution >= 0.6 is 23.2 Å². The number of alkyl halides is 1. The molecular weight excluding hydrogens is 453 g/mol. The van der Waals surface area contributed by atoms with E-state index < -0.39 is 0 Å². The number of hydrogen-bond acceptors (Lipinski definition) is 3. The van der Waals surface area contributed by atoms with E-state index in [2.05, 4.69) is 27.7 Å². The molecule has 2 fully saturated rings. The highest BCUT2D eigenvalue weighted by Crippen LogP contribution is 2.52. The Labute approximate surface area is 204 Å². The van der Waals surface area contributed by atoms with Crippen LogP contribution < -0.4 is 5.56 Å². The summed E-state index contributed by atoms with van der Waals surface area (Å²) in [5.74, 6) is 2.17. The van der Waals surface area contributed by atoms with Crippen molar-refractivity contribution in [3.8, 4) is 5.69 Å². The number of fused-ring (bicyclic) bond motifs is 7. The van der Waals surface area contributed by atoms with E-state index in [1.165, 1.54) is 36.1 Å². The van der Waals surface area contributed by atoms with Crippen molar-refractivity contribution in [2.24, 2.45) is 0 Å². The molecule has 1 aromatic heterocycles. The Morgan fingerprint density at radius 2 is 1.85 bits per heavy atom. The van der Waals surface area contributed by atoms with Crippen molar-refractivity contribution in [3.05, 3.63) is 68.7 Å². The van der Waals surface area contributed by atoms with Crippen LogP contribution in [0.1, 0.15) is 67.8 Å². The minimum Gasteiger partial charge on any atom is -0.302 e. The monoisotopic (exact) mass is 481 g/mol. The highest BCUT2D eigenvalue weighted by atomic mass is 35.5. The number of rotatable bonds is 3. The average molecular weight is 482 g/mol. The molecule has 6 heteroatoms. The lowest BCUT2D eigenvalue weighted by Gasteiger charge is -2.34. The Morgan fingerprint density at radius 3 is 2.61 bits per heavy atom. The van der Waals surface area contributed by atoms with E-state index in [9.17, 15) is 4.79 Å². The maximum atomic E-state index is 13.1. The van der Waals surface area contributed by atoms with E-state index in [1.54, 1.807) is 6.07 Å². The van der Waals surface area contributed by atoms with Crippen LogP contribution in [0.15, 0.2) is 41.2 Å². The fourth-order valence-corrected chi connectivity index (χ4v) is 7.05. The average Bonchev–Trinajstić information content (AvgIpc) is 3.09. The molecule has 3 heterocycles. The van der Waals surface area contributed by atoms with Gasteiger partial charge in [0.25, 0.3) is 5.56 Å². The summed E-state index contributed by atoms with van der Waals surface area (Å²) < 4.78 is 2.26. The number of hydrogen-bond donors (Lipinski definition) is 0. The van der Waals surface area contributed by atoms with Gasteiger partial charge in [-0.1, -0.05) is 49.1 Å². The summed E-state index contributed by atoms with van der Waals surface area (Å²) in [6.45, 7) is 3.17. The minimum atomic E-state index is -0.202. The van der Waals surface area contributed by atoms with E-state index >= 15 is 0 Å². The molecule has 4 nitrogen and oxygen atoms in total. The fourth-order valence-electron chi connectivity index (χ4n) is 6.56. The zero-order chi connectivity index (χ0) is 22.6.